The van der Waals surface area contributed by atoms with Crippen LogP contribution in [-0.2, 0) is 7.05 Å². The zero-order valence-corrected chi connectivity index (χ0v) is 14.3. The van der Waals surface area contributed by atoms with E-state index in [4.69, 9.17) is 9.15 Å². The average Bonchev–Trinajstić information content (AvgIpc) is 3.04. The van der Waals surface area contributed by atoms with Gasteiger partial charge in [0, 0.05) is 18.7 Å². The second-order valence-electron chi connectivity index (χ2n) is 5.93. The van der Waals surface area contributed by atoms with Crippen molar-refractivity contribution in [3.8, 4) is 34.0 Å². The molecule has 0 radical (unpaired) electrons. The van der Waals surface area contributed by atoms with E-state index in [1.807, 2.05) is 6.07 Å². The summed E-state index contributed by atoms with van der Waals surface area (Å²) in [6.07, 6.45) is 1.45. The number of nitrogens with zero attached hydrogens (tertiary/aromatic N) is 2. The van der Waals surface area contributed by atoms with Crippen molar-refractivity contribution in [3.05, 3.63) is 65.0 Å². The fourth-order valence-electron chi connectivity index (χ4n) is 2.91. The van der Waals surface area contributed by atoms with E-state index in [-0.39, 0.29) is 11.2 Å². The molecule has 0 unspecified atom stereocenters. The van der Waals surface area contributed by atoms with Gasteiger partial charge in [0.1, 0.15) is 23.3 Å². The molecule has 6 heteroatoms. The Morgan fingerprint density at radius 1 is 1.12 bits per heavy atom. The Balaban J connectivity index is 1.84. The van der Waals surface area contributed by atoms with Crippen LogP contribution >= 0.6 is 0 Å². The maximum Gasteiger partial charge on any atom is 0.202 e. The van der Waals surface area contributed by atoms with Crippen LogP contribution in [0.5, 0.6) is 11.5 Å². The standard InChI is InChI=1S/C20H16N2O4/c1-22-18(10-17(21-22)12-3-5-13(23)6-4-12)16-11-26-19-9-14(25-2)7-8-15(19)20(16)24/h3-11,23H,1-2H3. The summed E-state index contributed by atoms with van der Waals surface area (Å²) >= 11 is 0. The molecule has 2 heterocycles. The normalized spacial score (nSPS) is 11.0. The van der Waals surface area contributed by atoms with Crippen molar-refractivity contribution in [2.24, 2.45) is 7.05 Å². The summed E-state index contributed by atoms with van der Waals surface area (Å²) < 4.78 is 12.5. The molecule has 1 N–H and O–H groups in total. The van der Waals surface area contributed by atoms with E-state index in [0.29, 0.717) is 33.7 Å². The molecule has 6 nitrogen and oxygen atoms in total. The Morgan fingerprint density at radius 3 is 2.62 bits per heavy atom. The summed E-state index contributed by atoms with van der Waals surface area (Å²) in [6, 6.07) is 13.7. The number of aromatic nitrogens is 2. The summed E-state index contributed by atoms with van der Waals surface area (Å²) in [7, 11) is 3.34. The monoisotopic (exact) mass is 348 g/mol. The third-order valence-corrected chi connectivity index (χ3v) is 4.30. The second kappa shape index (κ2) is 6.07. The highest BCUT2D eigenvalue weighted by molar-refractivity contribution is 5.82. The number of aryl methyl sites for hydroxylation is 1. The highest BCUT2D eigenvalue weighted by Gasteiger charge is 2.15. The summed E-state index contributed by atoms with van der Waals surface area (Å²) in [5.74, 6) is 0.819. The maximum atomic E-state index is 12.9. The minimum absolute atomic E-state index is 0.130. The molecule has 0 aliphatic heterocycles. The second-order valence-corrected chi connectivity index (χ2v) is 5.93. The molecule has 2 aromatic carbocycles. The summed E-state index contributed by atoms with van der Waals surface area (Å²) in [4.78, 5) is 12.9. The van der Waals surface area contributed by atoms with Crippen molar-refractivity contribution in [2.75, 3.05) is 7.11 Å². The summed E-state index contributed by atoms with van der Waals surface area (Å²) in [6.45, 7) is 0. The predicted octanol–water partition coefficient (Wildman–Crippen LogP) is 3.57. The third-order valence-electron chi connectivity index (χ3n) is 4.30. The van der Waals surface area contributed by atoms with Gasteiger partial charge in [-0.15, -0.1) is 0 Å². The molecule has 0 saturated heterocycles. The van der Waals surface area contributed by atoms with Gasteiger partial charge < -0.3 is 14.3 Å². The van der Waals surface area contributed by atoms with Gasteiger partial charge in [-0.1, -0.05) is 0 Å². The molecule has 0 aliphatic carbocycles. The van der Waals surface area contributed by atoms with Crippen LogP contribution in [-0.4, -0.2) is 22.0 Å². The number of rotatable bonds is 3. The average molecular weight is 348 g/mol. The van der Waals surface area contributed by atoms with Crippen LogP contribution in [0.3, 0.4) is 0 Å². The molecule has 4 aromatic rings. The van der Waals surface area contributed by atoms with Crippen molar-refractivity contribution in [3.63, 3.8) is 0 Å². The van der Waals surface area contributed by atoms with Gasteiger partial charge >= 0.3 is 0 Å². The quantitative estimate of drug-likeness (QED) is 0.612. The van der Waals surface area contributed by atoms with Crippen LogP contribution in [0.1, 0.15) is 0 Å². The van der Waals surface area contributed by atoms with Crippen LogP contribution in [0, 0.1) is 0 Å². The van der Waals surface area contributed by atoms with Crippen LogP contribution in [0.4, 0.5) is 0 Å². The minimum Gasteiger partial charge on any atom is -0.508 e. The number of phenols is 1. The van der Waals surface area contributed by atoms with E-state index in [1.165, 1.54) is 6.26 Å². The van der Waals surface area contributed by atoms with E-state index in [2.05, 4.69) is 5.10 Å². The fraction of sp³-hybridized carbons (Fsp3) is 0.100. The van der Waals surface area contributed by atoms with E-state index in [1.54, 1.807) is 61.3 Å². The molecule has 130 valence electrons. The van der Waals surface area contributed by atoms with Gasteiger partial charge in [0.25, 0.3) is 0 Å². The van der Waals surface area contributed by atoms with Crippen molar-refractivity contribution in [2.45, 2.75) is 0 Å². The smallest absolute Gasteiger partial charge is 0.202 e. The van der Waals surface area contributed by atoms with Crippen molar-refractivity contribution >= 4 is 11.0 Å². The lowest BCUT2D eigenvalue weighted by molar-refractivity contribution is 0.414. The first-order valence-corrected chi connectivity index (χ1v) is 8.00. The van der Waals surface area contributed by atoms with Crippen LogP contribution in [0.25, 0.3) is 33.5 Å². The molecule has 2 aromatic heterocycles. The Hall–Kier alpha value is -3.54. The number of fused-ring (bicyclic) bond motifs is 1. The molecule has 0 saturated carbocycles. The highest BCUT2D eigenvalue weighted by Crippen LogP contribution is 2.27. The minimum atomic E-state index is -0.130. The lowest BCUT2D eigenvalue weighted by Crippen LogP contribution is -2.07. The molecule has 26 heavy (non-hydrogen) atoms. The highest BCUT2D eigenvalue weighted by atomic mass is 16.5. The van der Waals surface area contributed by atoms with Crippen LogP contribution in [0.2, 0.25) is 0 Å². The van der Waals surface area contributed by atoms with E-state index < -0.39 is 0 Å². The van der Waals surface area contributed by atoms with E-state index in [9.17, 15) is 9.90 Å². The first-order chi connectivity index (χ1) is 12.6. The third kappa shape index (κ3) is 2.61. The molecular weight excluding hydrogens is 332 g/mol. The van der Waals surface area contributed by atoms with Gasteiger partial charge in [0.05, 0.1) is 29.4 Å². The number of aromatic hydroxyl groups is 1. The van der Waals surface area contributed by atoms with Crippen molar-refractivity contribution < 1.29 is 14.3 Å². The van der Waals surface area contributed by atoms with Gasteiger partial charge in [0.2, 0.25) is 5.43 Å². The van der Waals surface area contributed by atoms with E-state index >= 15 is 0 Å². The van der Waals surface area contributed by atoms with Gasteiger partial charge in [-0.25, -0.2) is 0 Å². The van der Waals surface area contributed by atoms with Crippen LogP contribution < -0.4 is 10.2 Å². The zero-order valence-electron chi connectivity index (χ0n) is 14.3. The Labute approximate surface area is 148 Å². The maximum absolute atomic E-state index is 12.9. The Kier molecular flexibility index (Phi) is 3.73. The lowest BCUT2D eigenvalue weighted by Gasteiger charge is -2.04. The largest absolute Gasteiger partial charge is 0.508 e. The molecule has 0 aliphatic rings. The first-order valence-electron chi connectivity index (χ1n) is 8.00. The Morgan fingerprint density at radius 2 is 1.88 bits per heavy atom. The number of hydrogen-bond acceptors (Lipinski definition) is 5. The van der Waals surface area contributed by atoms with Gasteiger partial charge in [0.15, 0.2) is 0 Å². The molecule has 0 atom stereocenters. The SMILES string of the molecule is COc1ccc2c(=O)c(-c3cc(-c4ccc(O)cc4)nn3C)coc2c1. The van der Waals surface area contributed by atoms with Gasteiger partial charge in [-0.05, 0) is 42.5 Å². The number of phenolic OH excluding ortho intramolecular Hbond substituents is 1. The zero-order chi connectivity index (χ0) is 18.3. The molecule has 0 fully saturated rings. The first kappa shape index (κ1) is 16.0. The number of ether oxygens (including phenoxy) is 1. The molecule has 0 amide bonds. The van der Waals surface area contributed by atoms with Gasteiger partial charge in [-0.2, -0.15) is 5.10 Å². The molecular formula is C20H16N2O4. The fourth-order valence-corrected chi connectivity index (χ4v) is 2.91. The Bertz CT molecular complexity index is 1160. The topological polar surface area (TPSA) is 77.5 Å². The number of hydrogen-bond donors (Lipinski definition) is 1. The molecule has 0 bridgehead atoms. The van der Waals surface area contributed by atoms with E-state index in [0.717, 1.165) is 5.56 Å². The molecule has 0 spiro atoms. The lowest BCUT2D eigenvalue weighted by atomic mass is 10.1. The van der Waals surface area contributed by atoms with Crippen molar-refractivity contribution in [1.29, 1.82) is 0 Å². The number of methoxy groups -OCH3 is 1. The van der Waals surface area contributed by atoms with Gasteiger partial charge in [-0.3, -0.25) is 9.48 Å². The molecule has 4 rings (SSSR count). The summed E-state index contributed by atoms with van der Waals surface area (Å²) in [5, 5.41) is 14.4. The summed E-state index contributed by atoms with van der Waals surface area (Å²) in [5.41, 5.74) is 2.98. The predicted molar refractivity (Wildman–Crippen MR) is 98.3 cm³/mol. The van der Waals surface area contributed by atoms with Crippen LogP contribution in [0.15, 0.2) is 64.0 Å². The van der Waals surface area contributed by atoms with Crippen molar-refractivity contribution in [1.82, 2.24) is 9.78 Å². The number of benzene rings is 2.